The van der Waals surface area contributed by atoms with Gasteiger partial charge in [-0.2, -0.15) is 0 Å². The van der Waals surface area contributed by atoms with Gasteiger partial charge in [-0.3, -0.25) is 4.90 Å². The maximum Gasteiger partial charge on any atom is 0.0299 e. The van der Waals surface area contributed by atoms with Crippen molar-refractivity contribution in [1.82, 2.24) is 4.90 Å². The summed E-state index contributed by atoms with van der Waals surface area (Å²) in [5.74, 6) is 0.372. The average Bonchev–Trinajstić information content (AvgIpc) is 2.72. The number of benzene rings is 3. The topological polar surface area (TPSA) is 3.24 Å². The van der Waals surface area contributed by atoms with E-state index in [1.165, 1.54) is 16.7 Å². The van der Waals surface area contributed by atoms with E-state index in [0.717, 1.165) is 26.1 Å². The summed E-state index contributed by atoms with van der Waals surface area (Å²) in [6.07, 6.45) is 3.58. The van der Waals surface area contributed by atoms with Gasteiger partial charge in [-0.05, 0) is 23.1 Å². The molecule has 0 unspecified atom stereocenters. The third-order valence-corrected chi connectivity index (χ3v) is 5.21. The minimum Gasteiger partial charge on any atom is -0.295 e. The smallest absolute Gasteiger partial charge is 0.0299 e. The van der Waals surface area contributed by atoms with Gasteiger partial charge >= 0.3 is 0 Å². The fourth-order valence-corrected chi connectivity index (χ4v) is 3.89. The lowest BCUT2D eigenvalue weighted by atomic mass is 9.82. The molecule has 0 N–H and O–H groups in total. The second-order valence-electron chi connectivity index (χ2n) is 7.00. The molecule has 3 aromatic rings. The van der Waals surface area contributed by atoms with E-state index in [-0.39, 0.29) is 0 Å². The van der Waals surface area contributed by atoms with Crippen molar-refractivity contribution in [3.05, 3.63) is 119 Å². The Kier molecular flexibility index (Phi) is 5.27. The summed E-state index contributed by atoms with van der Waals surface area (Å²) in [5, 5.41) is 0. The molecule has 0 fully saturated rings. The zero-order valence-electron chi connectivity index (χ0n) is 15.1. The molecule has 0 aliphatic carbocycles. The highest BCUT2D eigenvalue weighted by Gasteiger charge is 2.22. The minimum atomic E-state index is 0.372. The summed E-state index contributed by atoms with van der Waals surface area (Å²) in [5.41, 5.74) is 5.72. The summed E-state index contributed by atoms with van der Waals surface area (Å²) in [7, 11) is 0. The van der Waals surface area contributed by atoms with Crippen molar-refractivity contribution >= 4 is 0 Å². The van der Waals surface area contributed by atoms with Crippen LogP contribution < -0.4 is 0 Å². The fraction of sp³-hybridized carbons (Fsp3) is 0.200. The first-order valence-corrected chi connectivity index (χ1v) is 9.45. The number of rotatable bonds is 5. The largest absolute Gasteiger partial charge is 0.295 e. The molecule has 0 bridgehead atoms. The summed E-state index contributed by atoms with van der Waals surface area (Å²) < 4.78 is 0. The van der Waals surface area contributed by atoms with Crippen LogP contribution in [0.15, 0.2) is 103 Å². The second kappa shape index (κ2) is 8.16. The molecule has 0 spiro atoms. The van der Waals surface area contributed by atoms with Crippen LogP contribution in [0.3, 0.4) is 0 Å². The molecule has 0 aromatic heterocycles. The molecule has 0 radical (unpaired) electrons. The van der Waals surface area contributed by atoms with Gasteiger partial charge in [0.15, 0.2) is 0 Å². The Balaban J connectivity index is 1.55. The Hall–Kier alpha value is -2.64. The second-order valence-corrected chi connectivity index (χ2v) is 7.00. The zero-order valence-corrected chi connectivity index (χ0v) is 15.1. The van der Waals surface area contributed by atoms with Crippen molar-refractivity contribution in [3.63, 3.8) is 0 Å². The molecule has 26 heavy (non-hydrogen) atoms. The van der Waals surface area contributed by atoms with Gasteiger partial charge in [-0.15, -0.1) is 0 Å². The number of nitrogens with zero attached hydrogens (tertiary/aromatic N) is 1. The minimum absolute atomic E-state index is 0.372. The van der Waals surface area contributed by atoms with E-state index in [2.05, 4.69) is 102 Å². The first-order chi connectivity index (χ1) is 12.9. The van der Waals surface area contributed by atoms with Gasteiger partial charge in [0.1, 0.15) is 0 Å². The van der Waals surface area contributed by atoms with Crippen LogP contribution in [0.25, 0.3) is 0 Å². The molecule has 0 amide bonds. The van der Waals surface area contributed by atoms with Gasteiger partial charge in [0.25, 0.3) is 0 Å². The van der Waals surface area contributed by atoms with Gasteiger partial charge in [0, 0.05) is 25.6 Å². The highest BCUT2D eigenvalue weighted by molar-refractivity contribution is 5.41. The normalized spacial score (nSPS) is 15.0. The van der Waals surface area contributed by atoms with Gasteiger partial charge in [0.05, 0.1) is 0 Å². The predicted molar refractivity (Wildman–Crippen MR) is 109 cm³/mol. The van der Waals surface area contributed by atoms with Crippen molar-refractivity contribution in [2.45, 2.75) is 18.9 Å². The molecular weight excluding hydrogens is 314 g/mol. The van der Waals surface area contributed by atoms with E-state index < -0.39 is 0 Å². The number of hydrogen-bond donors (Lipinski definition) is 0. The third-order valence-electron chi connectivity index (χ3n) is 5.21. The predicted octanol–water partition coefficient (Wildman–Crippen LogP) is 5.65. The van der Waals surface area contributed by atoms with E-state index in [9.17, 15) is 0 Å². The highest BCUT2D eigenvalue weighted by atomic mass is 15.1. The van der Waals surface area contributed by atoms with Crippen molar-refractivity contribution in [2.75, 3.05) is 13.1 Å². The van der Waals surface area contributed by atoms with Crippen molar-refractivity contribution in [3.8, 4) is 0 Å². The summed E-state index contributed by atoms with van der Waals surface area (Å²) in [6, 6.07) is 32.6. The molecule has 0 atom stereocenters. The van der Waals surface area contributed by atoms with Crippen LogP contribution in [0.2, 0.25) is 0 Å². The average molecular weight is 339 g/mol. The van der Waals surface area contributed by atoms with E-state index in [4.69, 9.17) is 0 Å². The van der Waals surface area contributed by atoms with Crippen molar-refractivity contribution in [2.24, 2.45) is 0 Å². The van der Waals surface area contributed by atoms with Crippen LogP contribution >= 0.6 is 0 Å². The lowest BCUT2D eigenvalue weighted by Gasteiger charge is -2.30. The highest BCUT2D eigenvalue weighted by Crippen LogP contribution is 2.35. The Labute approximate surface area is 156 Å². The van der Waals surface area contributed by atoms with E-state index in [1.807, 2.05) is 0 Å². The molecular formula is C25H25N. The van der Waals surface area contributed by atoms with Crippen LogP contribution in [-0.2, 0) is 6.54 Å². The van der Waals surface area contributed by atoms with Gasteiger partial charge in [0.2, 0.25) is 0 Å². The maximum atomic E-state index is 2.53. The molecule has 1 heteroatoms. The van der Waals surface area contributed by atoms with Gasteiger partial charge in [-0.25, -0.2) is 0 Å². The summed E-state index contributed by atoms with van der Waals surface area (Å²) >= 11 is 0. The monoisotopic (exact) mass is 339 g/mol. The lowest BCUT2D eigenvalue weighted by molar-refractivity contribution is 0.283. The van der Waals surface area contributed by atoms with Crippen LogP contribution in [0, 0.1) is 0 Å². The van der Waals surface area contributed by atoms with Crippen molar-refractivity contribution in [1.29, 1.82) is 0 Å². The summed E-state index contributed by atoms with van der Waals surface area (Å²) in [6.45, 7) is 3.18. The molecule has 1 nitrogen and oxygen atoms in total. The fourth-order valence-electron chi connectivity index (χ4n) is 3.89. The Morgan fingerprint density at radius 3 is 1.73 bits per heavy atom. The van der Waals surface area contributed by atoms with E-state index in [1.54, 1.807) is 5.57 Å². The van der Waals surface area contributed by atoms with Crippen LogP contribution in [0.1, 0.15) is 29.0 Å². The third kappa shape index (κ3) is 3.95. The van der Waals surface area contributed by atoms with E-state index >= 15 is 0 Å². The quantitative estimate of drug-likeness (QED) is 0.543. The molecule has 130 valence electrons. The molecule has 3 aromatic carbocycles. The van der Waals surface area contributed by atoms with Crippen LogP contribution in [-0.4, -0.2) is 18.0 Å². The molecule has 4 rings (SSSR count). The van der Waals surface area contributed by atoms with Gasteiger partial charge < -0.3 is 0 Å². The standard InChI is InChI=1S/C25H25N/c1-4-10-21(11-5-1)20-26-18-16-24(17-19-26)25(22-12-6-2-7-13-22)23-14-8-3-9-15-23/h1-16,25H,17-20H2. The molecule has 1 heterocycles. The van der Waals surface area contributed by atoms with Crippen LogP contribution in [0.5, 0.6) is 0 Å². The Bertz CT molecular complexity index is 798. The molecule has 1 aliphatic rings. The first kappa shape index (κ1) is 16.8. The van der Waals surface area contributed by atoms with Crippen molar-refractivity contribution < 1.29 is 0 Å². The first-order valence-electron chi connectivity index (χ1n) is 9.45. The lowest BCUT2D eigenvalue weighted by Crippen LogP contribution is -2.29. The SMILES string of the molecule is C1=C(C(c2ccccc2)c2ccccc2)CCN(Cc2ccccc2)C1. The van der Waals surface area contributed by atoms with Gasteiger partial charge in [-0.1, -0.05) is 103 Å². The van der Waals surface area contributed by atoms with Crippen LogP contribution in [0.4, 0.5) is 0 Å². The Morgan fingerprint density at radius 1 is 0.692 bits per heavy atom. The Morgan fingerprint density at radius 2 is 1.23 bits per heavy atom. The molecule has 0 saturated carbocycles. The maximum absolute atomic E-state index is 2.53. The molecule has 0 saturated heterocycles. The zero-order chi connectivity index (χ0) is 17.6. The summed E-state index contributed by atoms with van der Waals surface area (Å²) in [4.78, 5) is 2.53. The van der Waals surface area contributed by atoms with E-state index in [0.29, 0.717) is 5.92 Å². The number of hydrogen-bond acceptors (Lipinski definition) is 1. The molecule has 1 aliphatic heterocycles.